The van der Waals surface area contributed by atoms with Gasteiger partial charge in [0, 0.05) is 25.7 Å². The molecule has 1 aliphatic heterocycles. The predicted octanol–water partition coefficient (Wildman–Crippen LogP) is 1.46. The first-order chi connectivity index (χ1) is 9.15. The van der Waals surface area contributed by atoms with Crippen LogP contribution < -0.4 is 5.32 Å². The first-order valence-corrected chi connectivity index (χ1v) is 7.82. The van der Waals surface area contributed by atoms with Gasteiger partial charge in [-0.15, -0.1) is 0 Å². The van der Waals surface area contributed by atoms with Crippen molar-refractivity contribution in [3.05, 3.63) is 0 Å². The highest BCUT2D eigenvalue weighted by Gasteiger charge is 2.37. The summed E-state index contributed by atoms with van der Waals surface area (Å²) in [5, 5.41) is 3.20. The monoisotopic (exact) mass is 267 g/mol. The highest BCUT2D eigenvalue weighted by atomic mass is 16.2. The van der Waals surface area contributed by atoms with Crippen molar-refractivity contribution in [1.82, 2.24) is 15.1 Å². The summed E-state index contributed by atoms with van der Waals surface area (Å²) >= 11 is 0. The second-order valence-electron chi connectivity index (χ2n) is 6.17. The zero-order chi connectivity index (χ0) is 13.8. The van der Waals surface area contributed by atoms with E-state index in [0.29, 0.717) is 18.0 Å². The smallest absolute Gasteiger partial charge is 0.239 e. The second kappa shape index (κ2) is 6.71. The van der Waals surface area contributed by atoms with Gasteiger partial charge >= 0.3 is 0 Å². The topological polar surface area (TPSA) is 35.6 Å². The molecule has 0 radical (unpaired) electrons. The van der Waals surface area contributed by atoms with Crippen LogP contribution in [0, 0.1) is 0 Å². The molecule has 1 amide bonds. The minimum absolute atomic E-state index is 0.0884. The molecule has 2 aliphatic rings. The average Bonchev–Trinajstić information content (AvgIpc) is 2.91. The molecule has 0 aromatic heterocycles. The van der Waals surface area contributed by atoms with Crippen LogP contribution in [0.4, 0.5) is 0 Å². The molecule has 1 saturated heterocycles. The Hall–Kier alpha value is -0.610. The summed E-state index contributed by atoms with van der Waals surface area (Å²) in [6, 6.07) is 1.10. The molecule has 19 heavy (non-hydrogen) atoms. The van der Waals surface area contributed by atoms with Crippen LogP contribution in [-0.2, 0) is 4.79 Å². The molecule has 0 aromatic carbocycles. The number of nitrogens with one attached hydrogen (secondary N) is 1. The highest BCUT2D eigenvalue weighted by molar-refractivity contribution is 5.82. The van der Waals surface area contributed by atoms with Gasteiger partial charge in [0.15, 0.2) is 0 Å². The van der Waals surface area contributed by atoms with E-state index >= 15 is 0 Å². The second-order valence-corrected chi connectivity index (χ2v) is 6.17. The Balaban J connectivity index is 2.13. The lowest BCUT2D eigenvalue weighted by Gasteiger charge is -2.34. The predicted molar refractivity (Wildman–Crippen MR) is 78.1 cm³/mol. The van der Waals surface area contributed by atoms with Gasteiger partial charge in [0.1, 0.15) is 0 Å². The van der Waals surface area contributed by atoms with Crippen molar-refractivity contribution in [2.45, 2.75) is 63.6 Å². The molecular weight excluding hydrogens is 238 g/mol. The number of nitrogens with zero attached hydrogens (tertiary/aromatic N) is 2. The molecule has 2 unspecified atom stereocenters. The Morgan fingerprint density at radius 3 is 2.58 bits per heavy atom. The quantitative estimate of drug-likeness (QED) is 0.837. The van der Waals surface area contributed by atoms with Crippen molar-refractivity contribution in [1.29, 1.82) is 0 Å². The molecule has 0 spiro atoms. The van der Waals surface area contributed by atoms with Gasteiger partial charge in [0.2, 0.25) is 5.91 Å². The van der Waals surface area contributed by atoms with E-state index < -0.39 is 0 Å². The van der Waals surface area contributed by atoms with Gasteiger partial charge in [-0.25, -0.2) is 0 Å². The lowest BCUT2D eigenvalue weighted by Crippen LogP contribution is -2.50. The van der Waals surface area contributed by atoms with E-state index in [1.54, 1.807) is 0 Å². The molecule has 2 fully saturated rings. The van der Waals surface area contributed by atoms with Crippen LogP contribution >= 0.6 is 0 Å². The van der Waals surface area contributed by atoms with Crippen molar-refractivity contribution in [2.75, 3.05) is 27.2 Å². The van der Waals surface area contributed by atoms with Crippen LogP contribution in [0.15, 0.2) is 0 Å². The number of amides is 1. The van der Waals surface area contributed by atoms with Gasteiger partial charge < -0.3 is 10.2 Å². The first-order valence-electron chi connectivity index (χ1n) is 7.82. The van der Waals surface area contributed by atoms with Gasteiger partial charge in [-0.3, -0.25) is 9.69 Å². The molecule has 1 heterocycles. The van der Waals surface area contributed by atoms with E-state index in [4.69, 9.17) is 0 Å². The maximum atomic E-state index is 12.7. The fraction of sp³-hybridized carbons (Fsp3) is 0.933. The third-order valence-corrected chi connectivity index (χ3v) is 4.96. The summed E-state index contributed by atoms with van der Waals surface area (Å²) in [4.78, 5) is 17.2. The lowest BCUT2D eigenvalue weighted by atomic mass is 10.1. The summed E-state index contributed by atoms with van der Waals surface area (Å²) in [6.07, 6.45) is 7.26. The standard InChI is InChI=1S/C15H29N3O/c1-12-9-11-18(13-6-4-5-7-13)14(8-10-16-2)15(19)17(12)3/h12-14,16H,4-11H2,1-3H3. The molecular formula is C15H29N3O. The van der Waals surface area contributed by atoms with Crippen molar-refractivity contribution in [2.24, 2.45) is 0 Å². The summed E-state index contributed by atoms with van der Waals surface area (Å²) in [5.74, 6) is 0.326. The lowest BCUT2D eigenvalue weighted by molar-refractivity contribution is -0.136. The van der Waals surface area contributed by atoms with Crippen LogP contribution in [0.3, 0.4) is 0 Å². The van der Waals surface area contributed by atoms with Crippen molar-refractivity contribution >= 4 is 5.91 Å². The molecule has 2 atom stereocenters. The maximum Gasteiger partial charge on any atom is 0.239 e. The van der Waals surface area contributed by atoms with Crippen LogP contribution in [0.2, 0.25) is 0 Å². The van der Waals surface area contributed by atoms with Crippen LogP contribution in [0.25, 0.3) is 0 Å². The van der Waals surface area contributed by atoms with E-state index in [9.17, 15) is 4.79 Å². The zero-order valence-electron chi connectivity index (χ0n) is 12.7. The van der Waals surface area contributed by atoms with Gasteiger partial charge in [-0.1, -0.05) is 12.8 Å². The van der Waals surface area contributed by atoms with Crippen LogP contribution in [-0.4, -0.2) is 61.0 Å². The number of hydrogen-bond donors (Lipinski definition) is 1. The number of rotatable bonds is 4. The van der Waals surface area contributed by atoms with Crippen LogP contribution in [0.1, 0.15) is 45.4 Å². The fourth-order valence-corrected chi connectivity index (χ4v) is 3.52. The highest BCUT2D eigenvalue weighted by Crippen LogP contribution is 2.29. The van der Waals surface area contributed by atoms with E-state index in [-0.39, 0.29) is 6.04 Å². The van der Waals surface area contributed by atoms with Gasteiger partial charge in [0.25, 0.3) is 0 Å². The van der Waals surface area contributed by atoms with E-state index in [2.05, 4.69) is 17.1 Å². The fourth-order valence-electron chi connectivity index (χ4n) is 3.52. The Morgan fingerprint density at radius 2 is 1.95 bits per heavy atom. The number of carbonyl (C=O) groups excluding carboxylic acids is 1. The Labute approximate surface area is 117 Å². The van der Waals surface area contributed by atoms with E-state index in [1.165, 1.54) is 25.7 Å². The molecule has 0 bridgehead atoms. The third kappa shape index (κ3) is 3.29. The zero-order valence-corrected chi connectivity index (χ0v) is 12.7. The largest absolute Gasteiger partial charge is 0.342 e. The van der Waals surface area contributed by atoms with Gasteiger partial charge in [-0.05, 0) is 46.2 Å². The summed E-state index contributed by atoms with van der Waals surface area (Å²) in [5.41, 5.74) is 0. The van der Waals surface area contributed by atoms with Gasteiger partial charge in [-0.2, -0.15) is 0 Å². The first kappa shape index (κ1) is 14.8. The molecule has 4 nitrogen and oxygen atoms in total. The SMILES string of the molecule is CNCCC1C(=O)N(C)C(C)CCN1C1CCCC1. The number of likely N-dealkylation sites (N-methyl/N-ethyl adjacent to an activating group) is 1. The summed E-state index contributed by atoms with van der Waals surface area (Å²) in [6.45, 7) is 4.17. The maximum absolute atomic E-state index is 12.7. The minimum atomic E-state index is 0.0884. The average molecular weight is 267 g/mol. The molecule has 2 rings (SSSR count). The minimum Gasteiger partial charge on any atom is -0.342 e. The molecule has 1 aliphatic carbocycles. The molecule has 110 valence electrons. The van der Waals surface area contributed by atoms with Crippen molar-refractivity contribution in [3.8, 4) is 0 Å². The summed E-state index contributed by atoms with van der Waals surface area (Å²) < 4.78 is 0. The normalized spacial score (nSPS) is 30.9. The Bertz CT molecular complexity index is 302. The number of carbonyl (C=O) groups is 1. The third-order valence-electron chi connectivity index (χ3n) is 4.96. The molecule has 4 heteroatoms. The summed E-state index contributed by atoms with van der Waals surface area (Å²) in [7, 11) is 3.94. The van der Waals surface area contributed by atoms with Gasteiger partial charge in [0.05, 0.1) is 6.04 Å². The Morgan fingerprint density at radius 1 is 1.26 bits per heavy atom. The molecule has 1 N–H and O–H groups in total. The molecule has 0 aromatic rings. The van der Waals surface area contributed by atoms with Crippen LogP contribution in [0.5, 0.6) is 0 Å². The van der Waals surface area contributed by atoms with E-state index in [1.807, 2.05) is 19.0 Å². The van der Waals surface area contributed by atoms with Crippen molar-refractivity contribution in [3.63, 3.8) is 0 Å². The molecule has 1 saturated carbocycles. The Kier molecular flexibility index (Phi) is 5.22. The van der Waals surface area contributed by atoms with E-state index in [0.717, 1.165) is 25.9 Å². The van der Waals surface area contributed by atoms with Crippen molar-refractivity contribution < 1.29 is 4.79 Å². The number of hydrogen-bond acceptors (Lipinski definition) is 3.